The fourth-order valence-corrected chi connectivity index (χ4v) is 1.85. The molecule has 1 fully saturated rings. The molecule has 0 aromatic heterocycles. The van der Waals surface area contributed by atoms with E-state index in [1.165, 1.54) is 0 Å². The zero-order chi connectivity index (χ0) is 13.3. The van der Waals surface area contributed by atoms with Crippen molar-refractivity contribution in [1.82, 2.24) is 5.32 Å². The summed E-state index contributed by atoms with van der Waals surface area (Å²) in [5, 5.41) is 11.4. The van der Waals surface area contributed by atoms with E-state index < -0.39 is 29.4 Å². The Balaban J connectivity index is 2.69. The maximum atomic E-state index is 13.1. The second kappa shape index (κ2) is 4.50. The van der Waals surface area contributed by atoms with Crippen molar-refractivity contribution in [2.24, 2.45) is 0 Å². The van der Waals surface area contributed by atoms with E-state index >= 15 is 0 Å². The van der Waals surface area contributed by atoms with E-state index in [0.717, 1.165) is 0 Å². The van der Waals surface area contributed by atoms with Gasteiger partial charge in [-0.25, -0.2) is 14.0 Å². The van der Waals surface area contributed by atoms with Crippen LogP contribution in [0.1, 0.15) is 40.0 Å². The third-order valence-corrected chi connectivity index (χ3v) is 2.60. The van der Waals surface area contributed by atoms with Crippen molar-refractivity contribution in [3.05, 3.63) is 0 Å². The van der Waals surface area contributed by atoms with Crippen molar-refractivity contribution in [2.45, 2.75) is 57.3 Å². The van der Waals surface area contributed by atoms with Gasteiger partial charge in [0.05, 0.1) is 0 Å². The van der Waals surface area contributed by atoms with Crippen LogP contribution in [0.3, 0.4) is 0 Å². The Labute approximate surface area is 99.3 Å². The normalized spacial score (nSPS) is 28.8. The summed E-state index contributed by atoms with van der Waals surface area (Å²) in [6, 6.07) is 0. The summed E-state index contributed by atoms with van der Waals surface area (Å²) in [4.78, 5) is 22.6. The molecule has 1 rings (SSSR count). The van der Waals surface area contributed by atoms with Crippen molar-refractivity contribution >= 4 is 12.1 Å². The number of halogens is 1. The minimum atomic E-state index is -1.53. The first kappa shape index (κ1) is 13.7. The lowest BCUT2D eigenvalue weighted by Gasteiger charge is -2.27. The minimum absolute atomic E-state index is 0.0861. The van der Waals surface area contributed by atoms with Crippen molar-refractivity contribution in [1.29, 1.82) is 0 Å². The molecule has 5 nitrogen and oxygen atoms in total. The Morgan fingerprint density at radius 3 is 2.41 bits per heavy atom. The van der Waals surface area contributed by atoms with E-state index in [4.69, 9.17) is 9.84 Å². The first-order chi connectivity index (χ1) is 7.65. The highest BCUT2D eigenvalue weighted by atomic mass is 19.1. The zero-order valence-corrected chi connectivity index (χ0v) is 10.2. The summed E-state index contributed by atoms with van der Waals surface area (Å²) >= 11 is 0. The molecule has 1 aliphatic rings. The van der Waals surface area contributed by atoms with Crippen LogP contribution >= 0.6 is 0 Å². The molecule has 98 valence electrons. The van der Waals surface area contributed by atoms with E-state index in [1.807, 2.05) is 0 Å². The Kier molecular flexibility index (Phi) is 3.64. The molecule has 0 heterocycles. The Hall–Kier alpha value is -1.33. The number of carboxylic acids is 1. The van der Waals surface area contributed by atoms with Crippen molar-refractivity contribution in [2.75, 3.05) is 0 Å². The number of amides is 1. The number of ether oxygens (including phenoxy) is 1. The number of carbonyl (C=O) groups excluding carboxylic acids is 1. The smallest absolute Gasteiger partial charge is 0.408 e. The maximum Gasteiger partial charge on any atom is 0.408 e. The molecule has 0 aromatic rings. The number of carbonyl (C=O) groups is 2. The second-order valence-electron chi connectivity index (χ2n) is 5.35. The molecule has 0 bridgehead atoms. The van der Waals surface area contributed by atoms with E-state index in [1.54, 1.807) is 20.8 Å². The summed E-state index contributed by atoms with van der Waals surface area (Å²) in [5.74, 6) is -1.22. The van der Waals surface area contributed by atoms with Gasteiger partial charge in [-0.05, 0) is 33.6 Å². The van der Waals surface area contributed by atoms with Gasteiger partial charge in [0.15, 0.2) is 0 Å². The topological polar surface area (TPSA) is 75.6 Å². The molecule has 17 heavy (non-hydrogen) atoms. The number of rotatable bonds is 2. The van der Waals surface area contributed by atoms with Crippen LogP contribution in [-0.4, -0.2) is 34.5 Å². The van der Waals surface area contributed by atoms with Gasteiger partial charge in [0.2, 0.25) is 0 Å². The van der Waals surface area contributed by atoms with Crippen LogP contribution in [0.15, 0.2) is 0 Å². The molecule has 0 saturated heterocycles. The van der Waals surface area contributed by atoms with Gasteiger partial charge in [0, 0.05) is 6.42 Å². The highest BCUT2D eigenvalue weighted by molar-refractivity contribution is 5.84. The van der Waals surface area contributed by atoms with Gasteiger partial charge in [-0.3, -0.25) is 0 Å². The number of nitrogens with one attached hydrogen (secondary N) is 1. The third kappa shape index (κ3) is 3.57. The lowest BCUT2D eigenvalue weighted by Crippen LogP contribution is -2.54. The van der Waals surface area contributed by atoms with Crippen LogP contribution in [0.5, 0.6) is 0 Å². The molecule has 1 saturated carbocycles. The third-order valence-electron chi connectivity index (χ3n) is 2.60. The predicted octanol–water partition coefficient (Wildman–Crippen LogP) is 1.86. The first-order valence-electron chi connectivity index (χ1n) is 5.53. The largest absolute Gasteiger partial charge is 0.480 e. The zero-order valence-electron chi connectivity index (χ0n) is 10.2. The molecule has 0 aliphatic heterocycles. The van der Waals surface area contributed by atoms with Gasteiger partial charge in [-0.15, -0.1) is 0 Å². The van der Waals surface area contributed by atoms with Gasteiger partial charge in [0.25, 0.3) is 0 Å². The summed E-state index contributed by atoms with van der Waals surface area (Å²) in [6.07, 6.45) is -2.00. The number of carboxylic acid groups (broad SMARTS) is 1. The highest BCUT2D eigenvalue weighted by Gasteiger charge is 2.47. The Morgan fingerprint density at radius 1 is 1.47 bits per heavy atom. The monoisotopic (exact) mass is 247 g/mol. The number of hydrogen-bond acceptors (Lipinski definition) is 3. The average Bonchev–Trinajstić information content (AvgIpc) is 2.44. The highest BCUT2D eigenvalue weighted by Crippen LogP contribution is 2.32. The molecule has 1 amide bonds. The van der Waals surface area contributed by atoms with Crippen molar-refractivity contribution in [3.8, 4) is 0 Å². The van der Waals surface area contributed by atoms with Gasteiger partial charge in [0.1, 0.15) is 17.3 Å². The maximum absolute atomic E-state index is 13.1. The van der Waals surface area contributed by atoms with E-state index in [0.29, 0.717) is 0 Å². The van der Waals surface area contributed by atoms with Crippen LogP contribution in [0.25, 0.3) is 0 Å². The molecule has 0 unspecified atom stereocenters. The second-order valence-corrected chi connectivity index (χ2v) is 5.35. The predicted molar refractivity (Wildman–Crippen MR) is 58.5 cm³/mol. The van der Waals surface area contributed by atoms with E-state index in [2.05, 4.69) is 5.32 Å². The molecule has 0 aromatic carbocycles. The molecular weight excluding hydrogens is 229 g/mol. The SMILES string of the molecule is CC(C)(C)OC(=O)N[C@@]1(C(=O)O)CC[C@@H](F)C1. The minimum Gasteiger partial charge on any atom is -0.480 e. The fraction of sp³-hybridized carbons (Fsp3) is 0.818. The average molecular weight is 247 g/mol. The molecule has 2 atom stereocenters. The van der Waals surface area contributed by atoms with E-state index in [-0.39, 0.29) is 19.3 Å². The number of aliphatic carboxylic acids is 1. The summed E-state index contributed by atoms with van der Waals surface area (Å²) in [5.41, 5.74) is -2.24. The molecular formula is C11H18FNO4. The van der Waals surface area contributed by atoms with Crippen molar-refractivity contribution < 1.29 is 23.8 Å². The van der Waals surface area contributed by atoms with Crippen LogP contribution in [0.4, 0.5) is 9.18 Å². The summed E-state index contributed by atoms with van der Waals surface area (Å²) in [7, 11) is 0. The van der Waals surface area contributed by atoms with Crippen LogP contribution in [0.2, 0.25) is 0 Å². The molecule has 6 heteroatoms. The van der Waals surface area contributed by atoms with Crippen LogP contribution in [0, 0.1) is 0 Å². The standard InChI is InChI=1S/C11H18FNO4/c1-10(2,3)17-9(16)13-11(8(14)15)5-4-7(12)6-11/h7H,4-6H2,1-3H3,(H,13,16)(H,14,15)/t7-,11+/m1/s1. The molecule has 0 radical (unpaired) electrons. The quantitative estimate of drug-likeness (QED) is 0.780. The summed E-state index contributed by atoms with van der Waals surface area (Å²) < 4.78 is 18.1. The fourth-order valence-electron chi connectivity index (χ4n) is 1.85. The summed E-state index contributed by atoms with van der Waals surface area (Å²) in [6.45, 7) is 5.02. The van der Waals surface area contributed by atoms with Gasteiger partial charge < -0.3 is 15.2 Å². The number of hydrogen-bond donors (Lipinski definition) is 2. The number of alkyl carbamates (subject to hydrolysis) is 1. The van der Waals surface area contributed by atoms with Gasteiger partial charge in [-0.2, -0.15) is 0 Å². The van der Waals surface area contributed by atoms with E-state index in [9.17, 15) is 14.0 Å². The van der Waals surface area contributed by atoms with Crippen LogP contribution < -0.4 is 5.32 Å². The van der Waals surface area contributed by atoms with Crippen LogP contribution in [-0.2, 0) is 9.53 Å². The lowest BCUT2D eigenvalue weighted by atomic mass is 9.98. The Morgan fingerprint density at radius 2 is 2.06 bits per heavy atom. The molecule has 1 aliphatic carbocycles. The molecule has 0 spiro atoms. The van der Waals surface area contributed by atoms with Gasteiger partial charge in [-0.1, -0.05) is 0 Å². The lowest BCUT2D eigenvalue weighted by molar-refractivity contribution is -0.144. The van der Waals surface area contributed by atoms with Crippen molar-refractivity contribution in [3.63, 3.8) is 0 Å². The Bertz CT molecular complexity index is 326. The first-order valence-corrected chi connectivity index (χ1v) is 5.53. The number of alkyl halides is 1. The van der Waals surface area contributed by atoms with Gasteiger partial charge >= 0.3 is 12.1 Å². The molecule has 2 N–H and O–H groups in total.